The zero-order valence-electron chi connectivity index (χ0n) is 14.5. The summed E-state index contributed by atoms with van der Waals surface area (Å²) in [5.41, 5.74) is 0. The Balaban J connectivity index is 2.71. The minimum atomic E-state index is -5.58. The van der Waals surface area contributed by atoms with Crippen molar-refractivity contribution >= 4 is 26.9 Å². The van der Waals surface area contributed by atoms with Gasteiger partial charge in [0.15, 0.2) is 23.8 Å². The molecular weight excluding hydrogens is 412 g/mol. The fraction of sp³-hybridized carbons (Fsp3) is 0.833. The van der Waals surface area contributed by atoms with Gasteiger partial charge in [0.25, 0.3) is 11.0 Å². The van der Waals surface area contributed by atoms with Crippen molar-refractivity contribution in [1.82, 2.24) is 5.32 Å². The highest BCUT2D eigenvalue weighted by molar-refractivity contribution is 7.72. The van der Waals surface area contributed by atoms with Crippen molar-refractivity contribution in [2.24, 2.45) is 0 Å². The second-order valence-corrected chi connectivity index (χ2v) is 10.4. The van der Waals surface area contributed by atoms with E-state index in [1.807, 2.05) is 0 Å². The fourth-order valence-electron chi connectivity index (χ4n) is 2.38. The molecule has 0 aromatic carbocycles. The first-order chi connectivity index (χ1) is 12.1. The fourth-order valence-corrected chi connectivity index (χ4v) is 4.63. The molecule has 13 nitrogen and oxygen atoms in total. The Kier molecular flexibility index (Phi) is 7.51. The van der Waals surface area contributed by atoms with Crippen molar-refractivity contribution in [2.75, 3.05) is 13.2 Å². The van der Waals surface area contributed by atoms with Crippen LogP contribution in [0.25, 0.3) is 0 Å². The number of aliphatic hydroxyl groups excluding tert-OH is 1. The number of Topliss-reactive ketones (excluding diaryl/α,β-unsaturated/α-hetero) is 1. The minimum absolute atomic E-state index is 0.346. The van der Waals surface area contributed by atoms with Crippen molar-refractivity contribution < 1.29 is 58.0 Å². The number of nitrogens with one attached hydrogen (secondary N) is 1. The van der Waals surface area contributed by atoms with Crippen LogP contribution in [-0.4, -0.2) is 77.7 Å². The summed E-state index contributed by atoms with van der Waals surface area (Å²) in [5.74, 6) is -2.92. The van der Waals surface area contributed by atoms with Crippen LogP contribution in [0.5, 0.6) is 0 Å². The van der Waals surface area contributed by atoms with Crippen molar-refractivity contribution in [2.45, 2.75) is 49.8 Å². The SMILES string of the molecule is CC1(C)OC(C(=O)CO)[C@@H](C(=O)NCCCC(O)(P(=O)(O)O)P(=O)(O)O)O1. The van der Waals surface area contributed by atoms with E-state index in [1.54, 1.807) is 0 Å². The third-order valence-corrected chi connectivity index (χ3v) is 7.63. The van der Waals surface area contributed by atoms with Crippen LogP contribution in [0.15, 0.2) is 0 Å². The Labute approximate surface area is 154 Å². The van der Waals surface area contributed by atoms with Gasteiger partial charge in [0.1, 0.15) is 6.61 Å². The maximum absolute atomic E-state index is 12.2. The number of hydrogen-bond donors (Lipinski definition) is 7. The quantitative estimate of drug-likeness (QED) is 0.154. The zero-order chi connectivity index (χ0) is 21.3. The molecular formula is C12H23NO12P2. The van der Waals surface area contributed by atoms with Gasteiger partial charge in [-0.1, -0.05) is 0 Å². The predicted octanol–water partition coefficient (Wildman–Crippen LogP) is -2.03. The molecule has 0 spiro atoms. The maximum Gasteiger partial charge on any atom is 0.369 e. The van der Waals surface area contributed by atoms with Gasteiger partial charge in [-0.2, -0.15) is 0 Å². The lowest BCUT2D eigenvalue weighted by molar-refractivity contribution is -0.159. The molecule has 0 aliphatic carbocycles. The highest BCUT2D eigenvalue weighted by Crippen LogP contribution is 2.69. The third kappa shape index (κ3) is 5.64. The van der Waals surface area contributed by atoms with E-state index in [2.05, 4.69) is 5.32 Å². The van der Waals surface area contributed by atoms with Crippen molar-refractivity contribution in [3.05, 3.63) is 0 Å². The zero-order valence-corrected chi connectivity index (χ0v) is 16.3. The number of ketones is 1. The van der Waals surface area contributed by atoms with Gasteiger partial charge in [-0.05, 0) is 20.3 Å². The molecule has 0 aromatic heterocycles. The summed E-state index contributed by atoms with van der Waals surface area (Å²) < 4.78 is 33.0. The number of carbonyl (C=O) groups excluding carboxylic acids is 2. The summed E-state index contributed by atoms with van der Waals surface area (Å²) >= 11 is 0. The van der Waals surface area contributed by atoms with Gasteiger partial charge < -0.3 is 44.6 Å². The molecule has 1 unspecified atom stereocenters. The molecule has 1 heterocycles. The average molecular weight is 435 g/mol. The van der Waals surface area contributed by atoms with Crippen LogP contribution < -0.4 is 5.32 Å². The van der Waals surface area contributed by atoms with E-state index in [-0.39, 0.29) is 6.54 Å². The van der Waals surface area contributed by atoms with Gasteiger partial charge in [0.2, 0.25) is 0 Å². The first-order valence-electron chi connectivity index (χ1n) is 7.66. The summed E-state index contributed by atoms with van der Waals surface area (Å²) in [6, 6.07) is 0. The number of hydrogen-bond acceptors (Lipinski definition) is 8. The van der Waals surface area contributed by atoms with E-state index in [0.717, 1.165) is 0 Å². The van der Waals surface area contributed by atoms with Crippen molar-refractivity contribution in [3.63, 3.8) is 0 Å². The van der Waals surface area contributed by atoms with Crippen LogP contribution in [0.4, 0.5) is 0 Å². The number of rotatable bonds is 9. The van der Waals surface area contributed by atoms with Crippen LogP contribution in [0.2, 0.25) is 0 Å². The van der Waals surface area contributed by atoms with E-state index in [1.165, 1.54) is 13.8 Å². The molecule has 27 heavy (non-hydrogen) atoms. The van der Waals surface area contributed by atoms with Crippen LogP contribution in [0.3, 0.4) is 0 Å². The van der Waals surface area contributed by atoms with Crippen LogP contribution in [-0.2, 0) is 28.2 Å². The van der Waals surface area contributed by atoms with Gasteiger partial charge in [0, 0.05) is 13.0 Å². The average Bonchev–Trinajstić information content (AvgIpc) is 2.84. The van der Waals surface area contributed by atoms with E-state index >= 15 is 0 Å². The van der Waals surface area contributed by atoms with Gasteiger partial charge >= 0.3 is 15.2 Å². The van der Waals surface area contributed by atoms with Gasteiger partial charge in [0.05, 0.1) is 0 Å². The normalized spacial score (nSPS) is 23.3. The van der Waals surface area contributed by atoms with Crippen molar-refractivity contribution in [1.29, 1.82) is 0 Å². The number of aliphatic hydroxyl groups is 2. The number of ether oxygens (including phenoxy) is 2. The Morgan fingerprint density at radius 2 is 1.56 bits per heavy atom. The van der Waals surface area contributed by atoms with E-state index < -0.39 is 69.4 Å². The first-order valence-corrected chi connectivity index (χ1v) is 10.9. The number of carbonyl (C=O) groups is 2. The standard InChI is InChI=1S/C12H23NO12P2/c1-11(2)24-8(7(15)6-14)9(25-11)10(16)13-5-3-4-12(17,26(18,19)20)27(21,22)23/h8-9,14,17H,3-6H2,1-2H3,(H,13,16)(H2,18,19,20)(H2,21,22,23)/t8?,9-/m0/s1. The second-order valence-electron chi connectivity index (χ2n) is 6.36. The molecule has 15 heteroatoms. The number of amides is 1. The van der Waals surface area contributed by atoms with Gasteiger partial charge in [-0.3, -0.25) is 18.7 Å². The van der Waals surface area contributed by atoms with Crippen LogP contribution in [0.1, 0.15) is 26.7 Å². The minimum Gasteiger partial charge on any atom is -0.388 e. The summed E-state index contributed by atoms with van der Waals surface area (Å²) in [6.07, 6.45) is -4.18. The molecule has 1 fully saturated rings. The lowest BCUT2D eigenvalue weighted by Crippen LogP contribution is -2.45. The summed E-state index contributed by atoms with van der Waals surface area (Å²) in [4.78, 5) is 59.9. The smallest absolute Gasteiger partial charge is 0.369 e. The van der Waals surface area contributed by atoms with Gasteiger partial charge in [-0.25, -0.2) is 0 Å². The molecule has 0 aromatic rings. The second kappa shape index (κ2) is 8.34. The van der Waals surface area contributed by atoms with Crippen LogP contribution >= 0.6 is 15.2 Å². The molecule has 7 N–H and O–H groups in total. The molecule has 158 valence electrons. The highest BCUT2D eigenvalue weighted by Gasteiger charge is 2.58. The molecule has 0 saturated carbocycles. The largest absolute Gasteiger partial charge is 0.388 e. The maximum atomic E-state index is 12.2. The Bertz CT molecular complexity index is 645. The van der Waals surface area contributed by atoms with Crippen LogP contribution in [0, 0.1) is 0 Å². The Morgan fingerprint density at radius 3 is 2.00 bits per heavy atom. The summed E-state index contributed by atoms with van der Waals surface area (Å²) in [5, 5.41) is 17.3. The lowest BCUT2D eigenvalue weighted by atomic mass is 10.1. The molecule has 1 saturated heterocycles. The highest BCUT2D eigenvalue weighted by atomic mass is 31.2. The van der Waals surface area contributed by atoms with E-state index in [4.69, 9.17) is 34.2 Å². The molecule has 2 atom stereocenters. The molecule has 0 radical (unpaired) electrons. The third-order valence-electron chi connectivity index (χ3n) is 3.75. The van der Waals surface area contributed by atoms with Gasteiger partial charge in [-0.15, -0.1) is 0 Å². The Morgan fingerprint density at radius 1 is 1.07 bits per heavy atom. The molecule has 1 rings (SSSR count). The molecule has 1 amide bonds. The summed E-state index contributed by atoms with van der Waals surface area (Å²) in [7, 11) is -11.2. The van der Waals surface area contributed by atoms with Crippen molar-refractivity contribution in [3.8, 4) is 0 Å². The van der Waals surface area contributed by atoms with E-state index in [9.17, 15) is 23.8 Å². The van der Waals surface area contributed by atoms with E-state index in [0.29, 0.717) is 0 Å². The molecule has 1 aliphatic heterocycles. The lowest BCUT2D eigenvalue weighted by Gasteiger charge is -2.29. The predicted molar refractivity (Wildman–Crippen MR) is 87.2 cm³/mol. The first kappa shape index (κ1) is 24.3. The molecule has 0 bridgehead atoms. The monoisotopic (exact) mass is 435 g/mol. The topological polar surface area (TPSA) is 220 Å². The summed E-state index contributed by atoms with van der Waals surface area (Å²) in [6.45, 7) is 1.66. The Hall–Kier alpha value is -0.720. The molecule has 1 aliphatic rings.